The number of carbonyl (C=O) groups is 1. The third kappa shape index (κ3) is 3.32. The molecule has 0 fully saturated rings. The van der Waals surface area contributed by atoms with Gasteiger partial charge in [-0.3, -0.25) is 9.36 Å². The number of imidazole rings is 1. The summed E-state index contributed by atoms with van der Waals surface area (Å²) in [6.45, 7) is 5.76. The molecule has 0 spiro atoms. The zero-order valence-electron chi connectivity index (χ0n) is 13.7. The lowest BCUT2D eigenvalue weighted by Gasteiger charge is -2.05. The predicted octanol–water partition coefficient (Wildman–Crippen LogP) is 2.02. The molecule has 124 valence electrons. The smallest absolute Gasteiger partial charge is 0.271 e. The van der Waals surface area contributed by atoms with Gasteiger partial charge in [-0.2, -0.15) is 4.98 Å². The van der Waals surface area contributed by atoms with Crippen LogP contribution in [-0.4, -0.2) is 36.6 Å². The maximum absolute atomic E-state index is 12.0. The summed E-state index contributed by atoms with van der Waals surface area (Å²) in [5.41, 5.74) is 1.09. The Hall–Kier alpha value is -3.03. The first-order valence-electron chi connectivity index (χ1n) is 7.71. The molecule has 0 aliphatic carbocycles. The van der Waals surface area contributed by atoms with Crippen molar-refractivity contribution in [3.05, 3.63) is 42.4 Å². The number of aromatic nitrogens is 5. The van der Waals surface area contributed by atoms with Crippen LogP contribution in [0.4, 0.5) is 0 Å². The lowest BCUT2D eigenvalue weighted by atomic mass is 10.2. The lowest BCUT2D eigenvalue weighted by Crippen LogP contribution is -2.30. The Kier molecular flexibility index (Phi) is 4.37. The average molecular weight is 326 g/mol. The maximum atomic E-state index is 12.0. The maximum Gasteiger partial charge on any atom is 0.271 e. The first kappa shape index (κ1) is 15.9. The van der Waals surface area contributed by atoms with Crippen LogP contribution in [0, 0.1) is 0 Å². The minimum Gasteiger partial charge on any atom is -0.348 e. The van der Waals surface area contributed by atoms with Crippen molar-refractivity contribution in [3.63, 3.8) is 0 Å². The van der Waals surface area contributed by atoms with E-state index in [0.29, 0.717) is 29.6 Å². The van der Waals surface area contributed by atoms with Crippen LogP contribution < -0.4 is 5.32 Å². The van der Waals surface area contributed by atoms with Crippen molar-refractivity contribution in [2.24, 2.45) is 0 Å². The number of nitrogens with zero attached hydrogens (tertiary/aromatic N) is 5. The summed E-state index contributed by atoms with van der Waals surface area (Å²) in [5, 5.41) is 6.69. The molecule has 24 heavy (non-hydrogen) atoms. The van der Waals surface area contributed by atoms with Crippen molar-refractivity contribution >= 4 is 5.91 Å². The van der Waals surface area contributed by atoms with Gasteiger partial charge in [-0.25, -0.2) is 9.97 Å². The Balaban J connectivity index is 1.86. The Bertz CT molecular complexity index is 852. The van der Waals surface area contributed by atoms with Crippen molar-refractivity contribution in [1.82, 2.24) is 30.0 Å². The third-order valence-corrected chi connectivity index (χ3v) is 3.28. The van der Waals surface area contributed by atoms with E-state index in [1.165, 1.54) is 0 Å². The van der Waals surface area contributed by atoms with E-state index in [0.717, 1.165) is 5.56 Å². The lowest BCUT2D eigenvalue weighted by molar-refractivity contribution is 0.0938. The van der Waals surface area contributed by atoms with Gasteiger partial charge in [-0.05, 0) is 26.0 Å². The van der Waals surface area contributed by atoms with Crippen molar-refractivity contribution in [1.29, 1.82) is 0 Å². The molecule has 0 aromatic carbocycles. The van der Waals surface area contributed by atoms with Gasteiger partial charge >= 0.3 is 0 Å². The van der Waals surface area contributed by atoms with Gasteiger partial charge in [0, 0.05) is 30.4 Å². The Morgan fingerprint density at radius 2 is 2.21 bits per heavy atom. The van der Waals surface area contributed by atoms with Gasteiger partial charge in [0.25, 0.3) is 11.8 Å². The molecule has 0 saturated carbocycles. The third-order valence-electron chi connectivity index (χ3n) is 3.28. The molecule has 3 rings (SSSR count). The SMILES string of the molecule is CCc1noc(-c2ccnc(-n3cnc(C(=O)NC(C)C)c3)c2)n1. The topological polar surface area (TPSA) is 98.7 Å². The molecule has 3 aromatic rings. The van der Waals surface area contributed by atoms with Gasteiger partial charge in [0.05, 0.1) is 0 Å². The van der Waals surface area contributed by atoms with Crippen LogP contribution >= 0.6 is 0 Å². The summed E-state index contributed by atoms with van der Waals surface area (Å²) in [6, 6.07) is 3.65. The fraction of sp³-hybridized carbons (Fsp3) is 0.312. The van der Waals surface area contributed by atoms with E-state index in [2.05, 4.69) is 25.4 Å². The highest BCUT2D eigenvalue weighted by atomic mass is 16.5. The van der Waals surface area contributed by atoms with E-state index >= 15 is 0 Å². The Morgan fingerprint density at radius 1 is 1.38 bits per heavy atom. The second-order valence-electron chi connectivity index (χ2n) is 5.57. The number of hydrogen-bond acceptors (Lipinski definition) is 6. The largest absolute Gasteiger partial charge is 0.348 e. The first-order valence-corrected chi connectivity index (χ1v) is 7.71. The summed E-state index contributed by atoms with van der Waals surface area (Å²) in [7, 11) is 0. The quantitative estimate of drug-likeness (QED) is 0.770. The highest BCUT2D eigenvalue weighted by Crippen LogP contribution is 2.19. The number of carbonyl (C=O) groups excluding carboxylic acids is 1. The second-order valence-corrected chi connectivity index (χ2v) is 5.57. The molecule has 0 aliphatic heterocycles. The average Bonchev–Trinajstić information content (AvgIpc) is 3.24. The first-order chi connectivity index (χ1) is 11.6. The number of rotatable bonds is 5. The Morgan fingerprint density at radius 3 is 2.92 bits per heavy atom. The second kappa shape index (κ2) is 6.61. The summed E-state index contributed by atoms with van der Waals surface area (Å²) in [4.78, 5) is 24.7. The van der Waals surface area contributed by atoms with Gasteiger partial charge < -0.3 is 9.84 Å². The van der Waals surface area contributed by atoms with Crippen LogP contribution in [0.3, 0.4) is 0 Å². The number of aryl methyl sites for hydroxylation is 1. The van der Waals surface area contributed by atoms with E-state index in [1.54, 1.807) is 35.4 Å². The molecule has 0 saturated heterocycles. The van der Waals surface area contributed by atoms with E-state index in [9.17, 15) is 4.79 Å². The standard InChI is InChI=1S/C16H18N6O2/c1-4-13-20-16(24-21-13)11-5-6-17-14(7-11)22-8-12(18-9-22)15(23)19-10(2)3/h5-10H,4H2,1-3H3,(H,19,23). The molecule has 3 heterocycles. The molecule has 1 N–H and O–H groups in total. The monoisotopic (exact) mass is 326 g/mol. The molecular weight excluding hydrogens is 308 g/mol. The van der Waals surface area contributed by atoms with E-state index in [-0.39, 0.29) is 11.9 Å². The molecule has 3 aromatic heterocycles. The molecule has 0 radical (unpaired) electrons. The zero-order chi connectivity index (χ0) is 17.1. The fourth-order valence-corrected chi connectivity index (χ4v) is 2.11. The molecule has 8 nitrogen and oxygen atoms in total. The summed E-state index contributed by atoms with van der Waals surface area (Å²) >= 11 is 0. The summed E-state index contributed by atoms with van der Waals surface area (Å²) in [5.74, 6) is 1.48. The highest BCUT2D eigenvalue weighted by Gasteiger charge is 2.13. The minimum absolute atomic E-state index is 0.0504. The van der Waals surface area contributed by atoms with Crippen LogP contribution in [0.15, 0.2) is 35.4 Å². The van der Waals surface area contributed by atoms with Gasteiger partial charge in [0.2, 0.25) is 0 Å². The van der Waals surface area contributed by atoms with E-state index in [1.807, 2.05) is 20.8 Å². The molecule has 0 atom stereocenters. The fourth-order valence-electron chi connectivity index (χ4n) is 2.11. The van der Waals surface area contributed by atoms with Crippen molar-refractivity contribution in [2.75, 3.05) is 0 Å². The van der Waals surface area contributed by atoms with Gasteiger partial charge in [-0.1, -0.05) is 12.1 Å². The molecular formula is C16H18N6O2. The normalized spacial score (nSPS) is 11.0. The molecule has 0 unspecified atom stereocenters. The van der Waals surface area contributed by atoms with Crippen molar-refractivity contribution < 1.29 is 9.32 Å². The van der Waals surface area contributed by atoms with Gasteiger partial charge in [0.1, 0.15) is 17.8 Å². The van der Waals surface area contributed by atoms with Crippen LogP contribution in [0.1, 0.15) is 37.1 Å². The van der Waals surface area contributed by atoms with Crippen molar-refractivity contribution in [2.45, 2.75) is 33.2 Å². The van der Waals surface area contributed by atoms with Crippen LogP contribution in [-0.2, 0) is 6.42 Å². The molecule has 8 heteroatoms. The zero-order valence-corrected chi connectivity index (χ0v) is 13.7. The predicted molar refractivity (Wildman–Crippen MR) is 86.6 cm³/mol. The highest BCUT2D eigenvalue weighted by molar-refractivity contribution is 5.92. The number of nitrogens with one attached hydrogen (secondary N) is 1. The van der Waals surface area contributed by atoms with Crippen LogP contribution in [0.5, 0.6) is 0 Å². The number of pyridine rings is 1. The summed E-state index contributed by atoms with van der Waals surface area (Å²) < 4.78 is 6.92. The van der Waals surface area contributed by atoms with E-state index in [4.69, 9.17) is 4.52 Å². The number of amides is 1. The van der Waals surface area contributed by atoms with Crippen LogP contribution in [0.2, 0.25) is 0 Å². The minimum atomic E-state index is -0.218. The molecule has 0 bridgehead atoms. The number of hydrogen-bond donors (Lipinski definition) is 1. The van der Waals surface area contributed by atoms with Gasteiger partial charge in [0.15, 0.2) is 5.82 Å². The summed E-state index contributed by atoms with van der Waals surface area (Å²) in [6.07, 6.45) is 5.54. The van der Waals surface area contributed by atoms with Gasteiger partial charge in [-0.15, -0.1) is 0 Å². The van der Waals surface area contributed by atoms with Crippen LogP contribution in [0.25, 0.3) is 17.3 Å². The van der Waals surface area contributed by atoms with Crippen molar-refractivity contribution in [3.8, 4) is 17.3 Å². The molecule has 0 aliphatic rings. The van der Waals surface area contributed by atoms with E-state index < -0.39 is 0 Å². The Labute approximate surface area is 138 Å². The molecule has 1 amide bonds.